The van der Waals surface area contributed by atoms with Crippen molar-refractivity contribution >= 4 is 11.6 Å². The number of carbonyl (C=O) groups excluding carboxylic acids is 1. The van der Waals surface area contributed by atoms with Crippen LogP contribution in [0.3, 0.4) is 0 Å². The van der Waals surface area contributed by atoms with Gasteiger partial charge in [-0.05, 0) is 43.9 Å². The molecule has 1 amide bonds. The number of aryl methyl sites for hydroxylation is 1. The van der Waals surface area contributed by atoms with Gasteiger partial charge >= 0.3 is 0 Å². The lowest BCUT2D eigenvalue weighted by atomic mass is 9.98. The van der Waals surface area contributed by atoms with Gasteiger partial charge in [0.2, 0.25) is 5.91 Å². The molecule has 0 radical (unpaired) electrons. The Morgan fingerprint density at radius 3 is 2.63 bits per heavy atom. The summed E-state index contributed by atoms with van der Waals surface area (Å²) in [6.45, 7) is 5.71. The molecule has 2 unspecified atom stereocenters. The van der Waals surface area contributed by atoms with E-state index in [0.717, 1.165) is 24.1 Å². The number of anilines is 1. The highest BCUT2D eigenvalue weighted by atomic mass is 16.1. The molecule has 0 spiro atoms. The molecule has 19 heavy (non-hydrogen) atoms. The van der Waals surface area contributed by atoms with Gasteiger partial charge in [0, 0.05) is 5.69 Å². The molecule has 0 bridgehead atoms. The smallest absolute Gasteiger partial charge is 0.238 e. The second kappa shape index (κ2) is 6.71. The Hall–Kier alpha value is -1.35. The highest BCUT2D eigenvalue weighted by Crippen LogP contribution is 2.30. The van der Waals surface area contributed by atoms with Crippen LogP contribution >= 0.6 is 0 Å². The molecule has 2 rings (SSSR count). The first kappa shape index (κ1) is 14.1. The van der Waals surface area contributed by atoms with Crippen LogP contribution in [0.4, 0.5) is 5.69 Å². The van der Waals surface area contributed by atoms with Gasteiger partial charge in [0.25, 0.3) is 0 Å². The van der Waals surface area contributed by atoms with E-state index in [9.17, 15) is 4.79 Å². The van der Waals surface area contributed by atoms with E-state index in [4.69, 9.17) is 0 Å². The van der Waals surface area contributed by atoms with Gasteiger partial charge in [-0.15, -0.1) is 0 Å². The quantitative estimate of drug-likeness (QED) is 0.854. The van der Waals surface area contributed by atoms with Gasteiger partial charge in [0.15, 0.2) is 0 Å². The predicted molar refractivity (Wildman–Crippen MR) is 79.2 cm³/mol. The van der Waals surface area contributed by atoms with E-state index >= 15 is 0 Å². The van der Waals surface area contributed by atoms with E-state index < -0.39 is 0 Å². The van der Waals surface area contributed by atoms with E-state index in [1.165, 1.54) is 24.8 Å². The van der Waals surface area contributed by atoms with Crippen LogP contribution in [0.25, 0.3) is 0 Å². The summed E-state index contributed by atoms with van der Waals surface area (Å²) in [5, 5.41) is 6.18. The van der Waals surface area contributed by atoms with E-state index in [-0.39, 0.29) is 5.91 Å². The fourth-order valence-corrected chi connectivity index (χ4v) is 2.74. The van der Waals surface area contributed by atoms with Crippen molar-refractivity contribution in [3.05, 3.63) is 29.8 Å². The molecule has 0 saturated heterocycles. The molecule has 104 valence electrons. The number of hydrogen-bond donors (Lipinski definition) is 2. The predicted octanol–water partition coefficient (Wildman–Crippen LogP) is 2.96. The van der Waals surface area contributed by atoms with Gasteiger partial charge in [0.05, 0.1) is 6.54 Å². The first-order chi connectivity index (χ1) is 9.15. The second-order valence-electron chi connectivity index (χ2n) is 5.71. The minimum absolute atomic E-state index is 0.0366. The van der Waals surface area contributed by atoms with Crippen molar-refractivity contribution in [3.63, 3.8) is 0 Å². The van der Waals surface area contributed by atoms with Gasteiger partial charge in [-0.2, -0.15) is 0 Å². The van der Waals surface area contributed by atoms with Gasteiger partial charge in [-0.3, -0.25) is 4.79 Å². The summed E-state index contributed by atoms with van der Waals surface area (Å²) in [5.41, 5.74) is 2.07. The lowest BCUT2D eigenvalue weighted by Crippen LogP contribution is -2.32. The monoisotopic (exact) mass is 260 g/mol. The molecular formula is C16H24N2O. The molecule has 1 aliphatic carbocycles. The van der Waals surface area contributed by atoms with Crippen LogP contribution in [0.5, 0.6) is 0 Å². The number of nitrogens with one attached hydrogen (secondary N) is 2. The third-order valence-electron chi connectivity index (χ3n) is 4.07. The van der Waals surface area contributed by atoms with Crippen molar-refractivity contribution in [3.8, 4) is 0 Å². The van der Waals surface area contributed by atoms with Gasteiger partial charge in [-0.25, -0.2) is 0 Å². The Kier molecular flexibility index (Phi) is 4.97. The average Bonchev–Trinajstić information content (AvgIpc) is 2.78. The van der Waals surface area contributed by atoms with E-state index in [1.54, 1.807) is 0 Å². The zero-order valence-electron chi connectivity index (χ0n) is 11.9. The third kappa shape index (κ3) is 4.35. The Balaban J connectivity index is 1.68. The van der Waals surface area contributed by atoms with E-state index in [1.807, 2.05) is 31.2 Å². The second-order valence-corrected chi connectivity index (χ2v) is 5.71. The van der Waals surface area contributed by atoms with Crippen LogP contribution in [0.2, 0.25) is 0 Å². The number of benzene rings is 1. The summed E-state index contributed by atoms with van der Waals surface area (Å²) >= 11 is 0. The van der Waals surface area contributed by atoms with Gasteiger partial charge < -0.3 is 10.6 Å². The number of hydrogen-bond acceptors (Lipinski definition) is 2. The zero-order chi connectivity index (χ0) is 13.7. The van der Waals surface area contributed by atoms with Crippen molar-refractivity contribution in [1.82, 2.24) is 5.32 Å². The Labute approximate surface area is 115 Å². The molecule has 1 saturated carbocycles. The van der Waals surface area contributed by atoms with Crippen molar-refractivity contribution in [1.29, 1.82) is 0 Å². The normalized spacial score (nSPS) is 22.4. The Bertz CT molecular complexity index is 413. The SMILES string of the molecule is Cc1ccc(NC(=O)CNCC2CCCC2C)cc1. The molecular weight excluding hydrogens is 236 g/mol. The molecule has 2 atom stereocenters. The van der Waals surface area contributed by atoms with Crippen LogP contribution in [-0.2, 0) is 4.79 Å². The lowest BCUT2D eigenvalue weighted by molar-refractivity contribution is -0.115. The molecule has 1 aromatic rings. The maximum absolute atomic E-state index is 11.8. The molecule has 2 N–H and O–H groups in total. The third-order valence-corrected chi connectivity index (χ3v) is 4.07. The van der Waals surface area contributed by atoms with Crippen LogP contribution in [0.1, 0.15) is 31.7 Å². The number of carbonyl (C=O) groups is 1. The molecule has 3 heteroatoms. The first-order valence-corrected chi connectivity index (χ1v) is 7.22. The Morgan fingerprint density at radius 2 is 2.00 bits per heavy atom. The molecule has 3 nitrogen and oxygen atoms in total. The van der Waals surface area contributed by atoms with E-state index in [0.29, 0.717) is 6.54 Å². The van der Waals surface area contributed by atoms with E-state index in [2.05, 4.69) is 17.6 Å². The van der Waals surface area contributed by atoms with Crippen LogP contribution in [-0.4, -0.2) is 19.0 Å². The number of amides is 1. The largest absolute Gasteiger partial charge is 0.325 e. The molecule has 1 fully saturated rings. The van der Waals surface area contributed by atoms with Crippen molar-refractivity contribution in [2.75, 3.05) is 18.4 Å². The van der Waals surface area contributed by atoms with Crippen molar-refractivity contribution < 1.29 is 4.79 Å². The summed E-state index contributed by atoms with van der Waals surface area (Å²) < 4.78 is 0. The van der Waals surface area contributed by atoms with Gasteiger partial charge in [0.1, 0.15) is 0 Å². The first-order valence-electron chi connectivity index (χ1n) is 7.22. The molecule has 0 heterocycles. The Morgan fingerprint density at radius 1 is 1.26 bits per heavy atom. The zero-order valence-corrected chi connectivity index (χ0v) is 11.9. The molecule has 1 aromatic carbocycles. The van der Waals surface area contributed by atoms with Crippen molar-refractivity contribution in [2.45, 2.75) is 33.1 Å². The molecule has 1 aliphatic rings. The highest BCUT2D eigenvalue weighted by molar-refractivity contribution is 5.92. The maximum Gasteiger partial charge on any atom is 0.238 e. The summed E-state index contributed by atoms with van der Waals surface area (Å²) in [6, 6.07) is 7.88. The average molecular weight is 260 g/mol. The topological polar surface area (TPSA) is 41.1 Å². The van der Waals surface area contributed by atoms with Crippen LogP contribution in [0, 0.1) is 18.8 Å². The van der Waals surface area contributed by atoms with Crippen LogP contribution in [0.15, 0.2) is 24.3 Å². The highest BCUT2D eigenvalue weighted by Gasteiger charge is 2.22. The molecule has 0 aliphatic heterocycles. The maximum atomic E-state index is 11.8. The molecule has 0 aromatic heterocycles. The minimum atomic E-state index is 0.0366. The van der Waals surface area contributed by atoms with Crippen LogP contribution < -0.4 is 10.6 Å². The minimum Gasteiger partial charge on any atom is -0.325 e. The summed E-state index contributed by atoms with van der Waals surface area (Å²) in [4.78, 5) is 11.8. The fourth-order valence-electron chi connectivity index (χ4n) is 2.74. The lowest BCUT2D eigenvalue weighted by Gasteiger charge is -2.15. The summed E-state index contributed by atoms with van der Waals surface area (Å²) in [6.07, 6.45) is 3.97. The standard InChI is InChI=1S/C16H24N2O/c1-12-6-8-15(9-7-12)18-16(19)11-17-10-14-5-3-4-13(14)2/h6-9,13-14,17H,3-5,10-11H2,1-2H3,(H,18,19). The number of rotatable bonds is 5. The summed E-state index contributed by atoms with van der Waals surface area (Å²) in [5.74, 6) is 1.58. The summed E-state index contributed by atoms with van der Waals surface area (Å²) in [7, 11) is 0. The van der Waals surface area contributed by atoms with Gasteiger partial charge in [-0.1, -0.05) is 37.5 Å². The fraction of sp³-hybridized carbons (Fsp3) is 0.562. The van der Waals surface area contributed by atoms with Crippen molar-refractivity contribution in [2.24, 2.45) is 11.8 Å².